The number of ether oxygens (including phenoxy) is 3. The summed E-state index contributed by atoms with van der Waals surface area (Å²) in [6.45, 7) is 10.2. The molecular weight excluding hydrogens is 688 g/mol. The van der Waals surface area contributed by atoms with Crippen LogP contribution in [0.1, 0.15) is 92.4 Å². The van der Waals surface area contributed by atoms with Crippen molar-refractivity contribution in [3.63, 3.8) is 0 Å². The SMILES string of the molecule is CO[C@@H](CO)[C@@H]1O[C@@H](OCC[C@@H](CC[C@@H](C)[C@H]2[C@@H](O)[C@H](O)C3[C@]4(O)C[C@H](OS(=O)(=O)O)C5C[C@@H](O)CC[C@]5(C)C4CC[C@@]32C)C(C)C)[C@H](O)[C@H]1O. The number of aliphatic hydroxyl groups is 7. The monoisotopic (exact) mass is 752 g/mol. The molecule has 0 aromatic rings. The highest BCUT2D eigenvalue weighted by molar-refractivity contribution is 7.80. The van der Waals surface area contributed by atoms with E-state index in [2.05, 4.69) is 20.8 Å². The second-order valence-corrected chi connectivity index (χ2v) is 18.6. The molecule has 51 heavy (non-hydrogen) atoms. The van der Waals surface area contributed by atoms with Gasteiger partial charge in [0, 0.05) is 19.4 Å². The molecule has 18 atom stereocenters. The van der Waals surface area contributed by atoms with Crippen molar-refractivity contribution in [3.05, 3.63) is 0 Å². The molecule has 1 heterocycles. The minimum absolute atomic E-state index is 0.0473. The molecule has 0 aromatic heterocycles. The molecule has 0 spiro atoms. The van der Waals surface area contributed by atoms with Gasteiger partial charge in [-0.3, -0.25) is 4.55 Å². The first kappa shape index (κ1) is 41.6. The molecule has 5 aliphatic rings. The molecule has 3 unspecified atom stereocenters. The molecule has 5 fully saturated rings. The van der Waals surface area contributed by atoms with Crippen LogP contribution in [0.5, 0.6) is 0 Å². The molecule has 0 bridgehead atoms. The zero-order valence-corrected chi connectivity index (χ0v) is 31.8. The average molecular weight is 753 g/mol. The van der Waals surface area contributed by atoms with Crippen molar-refractivity contribution in [2.45, 2.75) is 153 Å². The van der Waals surface area contributed by atoms with Gasteiger partial charge in [0.2, 0.25) is 0 Å². The molecule has 8 N–H and O–H groups in total. The molecule has 1 aliphatic heterocycles. The third-order valence-electron chi connectivity index (χ3n) is 14.5. The highest BCUT2D eigenvalue weighted by atomic mass is 32.3. The number of hydrogen-bond acceptors (Lipinski definition) is 13. The van der Waals surface area contributed by atoms with Crippen LogP contribution in [0.15, 0.2) is 0 Å². The Morgan fingerprint density at radius 1 is 0.902 bits per heavy atom. The Bertz CT molecular complexity index is 1280. The van der Waals surface area contributed by atoms with E-state index in [4.69, 9.17) is 18.4 Å². The van der Waals surface area contributed by atoms with Crippen LogP contribution in [-0.4, -0.2) is 130 Å². The van der Waals surface area contributed by atoms with Crippen LogP contribution < -0.4 is 0 Å². The largest absolute Gasteiger partial charge is 0.397 e. The van der Waals surface area contributed by atoms with Crippen molar-refractivity contribution in [2.75, 3.05) is 20.3 Å². The first-order valence-corrected chi connectivity index (χ1v) is 20.3. The second-order valence-electron chi connectivity index (χ2n) is 17.5. The lowest BCUT2D eigenvalue weighted by atomic mass is 9.42. The summed E-state index contributed by atoms with van der Waals surface area (Å²) in [5.74, 6) is -1.43. The zero-order chi connectivity index (χ0) is 37.8. The highest BCUT2D eigenvalue weighted by Gasteiger charge is 2.73. The molecule has 0 aromatic carbocycles. The molecule has 1 saturated heterocycles. The summed E-state index contributed by atoms with van der Waals surface area (Å²) >= 11 is 0. The number of rotatable bonds is 14. The fourth-order valence-corrected chi connectivity index (χ4v) is 12.5. The molecule has 15 heteroatoms. The molecule has 5 rings (SSSR count). The smallest absolute Gasteiger partial charge is 0.394 e. The first-order chi connectivity index (χ1) is 23.7. The summed E-state index contributed by atoms with van der Waals surface area (Å²) < 4.78 is 55.7. The van der Waals surface area contributed by atoms with Crippen LogP contribution in [0, 0.1) is 52.3 Å². The minimum Gasteiger partial charge on any atom is -0.394 e. The van der Waals surface area contributed by atoms with Gasteiger partial charge < -0.3 is 50.0 Å². The lowest BCUT2D eigenvalue weighted by Gasteiger charge is -2.66. The summed E-state index contributed by atoms with van der Waals surface area (Å²) in [4.78, 5) is 0. The second kappa shape index (κ2) is 15.5. The Balaban J connectivity index is 1.28. The third-order valence-corrected chi connectivity index (χ3v) is 15.0. The standard InChI is InChI=1S/C36H64O14S/c1-18(2)20(11-14-48-33-30(42)28(40)31(49-33)24(17-37)47-6)8-7-19(3)26-27(39)29(41)32-35(26,5)13-10-25-34(4)12-9-21(38)15-22(34)23(16-36(25,32)43)50-51(44,45)46/h18-33,37-43H,7-17H2,1-6H3,(H,44,45,46)/t19-,20-,21+,22?,23+,24+,25?,26+,27-,28-,29+,30-,31+,32?,33-,34+,35-,36+/m1/s1. The normalized spacial score (nSPS) is 47.4. The van der Waals surface area contributed by atoms with E-state index in [1.54, 1.807) is 0 Å². The van der Waals surface area contributed by atoms with Gasteiger partial charge in [-0.1, -0.05) is 41.0 Å². The van der Waals surface area contributed by atoms with E-state index in [0.717, 1.165) is 12.8 Å². The summed E-state index contributed by atoms with van der Waals surface area (Å²) in [6, 6.07) is 0. The van der Waals surface area contributed by atoms with Gasteiger partial charge in [-0.15, -0.1) is 0 Å². The predicted molar refractivity (Wildman–Crippen MR) is 183 cm³/mol. The van der Waals surface area contributed by atoms with E-state index in [-0.39, 0.29) is 55.6 Å². The Labute approximate surface area is 302 Å². The van der Waals surface area contributed by atoms with Gasteiger partial charge in [0.05, 0.1) is 43.2 Å². The number of aliphatic hydroxyl groups excluding tert-OH is 6. The summed E-state index contributed by atoms with van der Waals surface area (Å²) in [5.41, 5.74) is -2.88. The number of fused-ring (bicyclic) bond motifs is 5. The van der Waals surface area contributed by atoms with Crippen LogP contribution in [0.3, 0.4) is 0 Å². The van der Waals surface area contributed by atoms with Crippen molar-refractivity contribution >= 4 is 10.4 Å². The van der Waals surface area contributed by atoms with Gasteiger partial charge in [0.15, 0.2) is 6.29 Å². The van der Waals surface area contributed by atoms with E-state index >= 15 is 0 Å². The lowest BCUT2D eigenvalue weighted by molar-refractivity contribution is -0.260. The van der Waals surface area contributed by atoms with Crippen molar-refractivity contribution in [1.29, 1.82) is 0 Å². The van der Waals surface area contributed by atoms with E-state index in [9.17, 15) is 48.7 Å². The Morgan fingerprint density at radius 2 is 1.57 bits per heavy atom. The van der Waals surface area contributed by atoms with Gasteiger partial charge in [0.25, 0.3) is 0 Å². The van der Waals surface area contributed by atoms with Crippen LogP contribution in [0.4, 0.5) is 0 Å². The first-order valence-electron chi connectivity index (χ1n) is 18.9. The predicted octanol–water partition coefficient (Wildman–Crippen LogP) is 1.41. The molecule has 298 valence electrons. The Morgan fingerprint density at radius 3 is 2.18 bits per heavy atom. The fourth-order valence-electron chi connectivity index (χ4n) is 12.0. The van der Waals surface area contributed by atoms with E-state index in [0.29, 0.717) is 32.1 Å². The Hall–Kier alpha value is -0.530. The van der Waals surface area contributed by atoms with Crippen LogP contribution in [-0.2, 0) is 28.8 Å². The number of hydrogen-bond donors (Lipinski definition) is 8. The van der Waals surface area contributed by atoms with Crippen LogP contribution >= 0.6 is 0 Å². The summed E-state index contributed by atoms with van der Waals surface area (Å²) in [7, 11) is -3.49. The van der Waals surface area contributed by atoms with Gasteiger partial charge in [-0.2, -0.15) is 8.42 Å². The maximum absolute atomic E-state index is 12.8. The summed E-state index contributed by atoms with van der Waals surface area (Å²) in [5, 5.41) is 77.3. The van der Waals surface area contributed by atoms with Gasteiger partial charge in [-0.05, 0) is 91.3 Å². The maximum Gasteiger partial charge on any atom is 0.397 e. The average Bonchev–Trinajstić information content (AvgIpc) is 3.43. The lowest BCUT2D eigenvalue weighted by Crippen LogP contribution is -2.69. The zero-order valence-electron chi connectivity index (χ0n) is 31.0. The van der Waals surface area contributed by atoms with Gasteiger partial charge >= 0.3 is 10.4 Å². The van der Waals surface area contributed by atoms with Crippen LogP contribution in [0.25, 0.3) is 0 Å². The summed E-state index contributed by atoms with van der Waals surface area (Å²) in [6.07, 6.45) is -4.90. The topological polar surface area (TPSA) is 233 Å². The van der Waals surface area contributed by atoms with Gasteiger partial charge in [-0.25, -0.2) is 4.18 Å². The molecule has 4 aliphatic carbocycles. The third kappa shape index (κ3) is 7.68. The maximum atomic E-state index is 12.8. The molecule has 0 radical (unpaired) electrons. The van der Waals surface area contributed by atoms with Crippen molar-refractivity contribution in [1.82, 2.24) is 0 Å². The van der Waals surface area contributed by atoms with E-state index in [1.807, 2.05) is 13.8 Å². The van der Waals surface area contributed by atoms with Crippen LogP contribution in [0.2, 0.25) is 0 Å². The quantitative estimate of drug-likeness (QED) is 0.117. The number of methoxy groups -OCH3 is 1. The minimum atomic E-state index is -4.88. The van der Waals surface area contributed by atoms with E-state index < -0.39 is 93.8 Å². The highest BCUT2D eigenvalue weighted by Crippen LogP contribution is 2.70. The van der Waals surface area contributed by atoms with Crippen molar-refractivity contribution < 1.29 is 67.1 Å². The van der Waals surface area contributed by atoms with E-state index in [1.165, 1.54) is 7.11 Å². The van der Waals surface area contributed by atoms with Crippen molar-refractivity contribution in [3.8, 4) is 0 Å². The molecule has 14 nitrogen and oxygen atoms in total. The molecule has 0 amide bonds. The molecule has 4 saturated carbocycles. The fraction of sp³-hybridized carbons (Fsp3) is 1.00. The molecular formula is C36H64O14S. The van der Waals surface area contributed by atoms with Crippen molar-refractivity contribution in [2.24, 2.45) is 52.3 Å². The Kier molecular flexibility index (Phi) is 12.7. The van der Waals surface area contributed by atoms with Gasteiger partial charge in [0.1, 0.15) is 24.4 Å².